The number of likely N-dealkylation sites (N-methyl/N-ethyl adjacent to an activating group) is 1. The summed E-state index contributed by atoms with van der Waals surface area (Å²) in [6.45, 7) is 5.74. The third kappa shape index (κ3) is 5.57. The van der Waals surface area contributed by atoms with Crippen LogP contribution in [0.5, 0.6) is 5.75 Å². The van der Waals surface area contributed by atoms with Crippen LogP contribution in [0.2, 0.25) is 10.0 Å². The number of halogens is 2. The third-order valence-electron chi connectivity index (χ3n) is 2.56. The van der Waals surface area contributed by atoms with Crippen LogP contribution in [0.25, 0.3) is 0 Å². The van der Waals surface area contributed by atoms with Crippen LogP contribution in [0.1, 0.15) is 20.8 Å². The van der Waals surface area contributed by atoms with Crippen LogP contribution in [-0.4, -0.2) is 41.2 Å². The molecular weight excluding hydrogens is 301 g/mol. The predicted molar refractivity (Wildman–Crippen MR) is 80.5 cm³/mol. The topological polar surface area (TPSA) is 49.8 Å². The zero-order chi connectivity index (χ0) is 15.3. The van der Waals surface area contributed by atoms with Gasteiger partial charge in [-0.15, -0.1) is 0 Å². The summed E-state index contributed by atoms with van der Waals surface area (Å²) >= 11 is 11.8. The van der Waals surface area contributed by atoms with Crippen LogP contribution in [-0.2, 0) is 4.79 Å². The van der Waals surface area contributed by atoms with Crippen LogP contribution in [0.15, 0.2) is 18.2 Å². The third-order valence-corrected chi connectivity index (χ3v) is 3.10. The van der Waals surface area contributed by atoms with Crippen LogP contribution >= 0.6 is 23.2 Å². The molecule has 1 amide bonds. The maximum atomic E-state index is 12.0. The first kappa shape index (κ1) is 17.1. The Bertz CT molecular complexity index is 472. The zero-order valence-corrected chi connectivity index (χ0v) is 13.3. The van der Waals surface area contributed by atoms with E-state index in [1.54, 1.807) is 32.0 Å². The van der Waals surface area contributed by atoms with Gasteiger partial charge in [0, 0.05) is 24.2 Å². The summed E-state index contributed by atoms with van der Waals surface area (Å²) in [6.07, 6.45) is 0. The normalized spacial score (nSPS) is 11.3. The number of nitrogens with zero attached hydrogens (tertiary/aromatic N) is 1. The van der Waals surface area contributed by atoms with Crippen molar-refractivity contribution >= 4 is 29.1 Å². The molecule has 1 aromatic rings. The summed E-state index contributed by atoms with van der Waals surface area (Å²) in [7, 11) is 0. The van der Waals surface area contributed by atoms with Gasteiger partial charge in [0.25, 0.3) is 5.91 Å². The molecule has 0 radical (unpaired) electrons. The molecule has 20 heavy (non-hydrogen) atoms. The molecule has 1 aromatic carbocycles. The van der Waals surface area contributed by atoms with Gasteiger partial charge in [-0.2, -0.15) is 0 Å². The lowest BCUT2D eigenvalue weighted by atomic mass is 10.1. The highest BCUT2D eigenvalue weighted by Crippen LogP contribution is 2.27. The summed E-state index contributed by atoms with van der Waals surface area (Å²) in [4.78, 5) is 13.6. The number of ether oxygens (including phenoxy) is 1. The second-order valence-corrected chi connectivity index (χ2v) is 5.93. The Balaban J connectivity index is 2.63. The molecule has 0 aliphatic heterocycles. The summed E-state index contributed by atoms with van der Waals surface area (Å²) in [5.41, 5.74) is -0.945. The van der Waals surface area contributed by atoms with E-state index in [1.165, 1.54) is 4.90 Å². The molecule has 0 saturated carbocycles. The number of carbonyl (C=O) groups is 1. The van der Waals surface area contributed by atoms with E-state index >= 15 is 0 Å². The van der Waals surface area contributed by atoms with Gasteiger partial charge < -0.3 is 14.7 Å². The van der Waals surface area contributed by atoms with Crippen LogP contribution in [0, 0.1) is 0 Å². The van der Waals surface area contributed by atoms with Crippen molar-refractivity contribution in [3.8, 4) is 5.75 Å². The highest BCUT2D eigenvalue weighted by molar-refractivity contribution is 6.34. The number of hydrogen-bond donors (Lipinski definition) is 1. The molecular formula is C14H19Cl2NO3. The molecule has 1 N–H and O–H groups in total. The summed E-state index contributed by atoms with van der Waals surface area (Å²) in [6, 6.07) is 4.81. The van der Waals surface area contributed by atoms with Crippen molar-refractivity contribution in [1.29, 1.82) is 0 Å². The second-order valence-electron chi connectivity index (χ2n) is 5.08. The minimum atomic E-state index is -0.945. The van der Waals surface area contributed by atoms with Crippen molar-refractivity contribution in [2.45, 2.75) is 26.4 Å². The van der Waals surface area contributed by atoms with Crippen LogP contribution < -0.4 is 4.74 Å². The molecule has 1 rings (SSSR count). The molecule has 112 valence electrons. The van der Waals surface area contributed by atoms with Gasteiger partial charge in [0.15, 0.2) is 6.61 Å². The van der Waals surface area contributed by atoms with Crippen LogP contribution in [0.3, 0.4) is 0 Å². The number of aliphatic hydroxyl groups is 1. The van der Waals surface area contributed by atoms with Crippen molar-refractivity contribution in [3.05, 3.63) is 28.2 Å². The maximum absolute atomic E-state index is 12.0. The maximum Gasteiger partial charge on any atom is 0.260 e. The van der Waals surface area contributed by atoms with E-state index < -0.39 is 5.60 Å². The lowest BCUT2D eigenvalue weighted by molar-refractivity contribution is -0.136. The molecule has 0 heterocycles. The molecule has 0 aliphatic carbocycles. The number of hydrogen-bond acceptors (Lipinski definition) is 3. The number of rotatable bonds is 6. The highest BCUT2D eigenvalue weighted by Gasteiger charge is 2.21. The van der Waals surface area contributed by atoms with Crippen molar-refractivity contribution in [2.24, 2.45) is 0 Å². The zero-order valence-electron chi connectivity index (χ0n) is 11.8. The monoisotopic (exact) mass is 319 g/mol. The highest BCUT2D eigenvalue weighted by atomic mass is 35.5. The molecule has 0 aliphatic rings. The van der Waals surface area contributed by atoms with Crippen molar-refractivity contribution in [2.75, 3.05) is 19.7 Å². The first-order chi connectivity index (χ1) is 9.23. The summed E-state index contributed by atoms with van der Waals surface area (Å²) in [5.74, 6) is 0.150. The minimum absolute atomic E-state index is 0.149. The SMILES string of the molecule is CCN(CC(C)(C)O)C(=O)COc1cc(Cl)ccc1Cl. The first-order valence-electron chi connectivity index (χ1n) is 6.31. The lowest BCUT2D eigenvalue weighted by Crippen LogP contribution is -2.44. The van der Waals surface area contributed by atoms with E-state index in [0.29, 0.717) is 22.3 Å². The first-order valence-corrected chi connectivity index (χ1v) is 7.06. The number of amides is 1. The van der Waals surface area contributed by atoms with Gasteiger partial charge >= 0.3 is 0 Å². The Morgan fingerprint density at radius 2 is 2.05 bits per heavy atom. The van der Waals surface area contributed by atoms with E-state index in [-0.39, 0.29) is 19.1 Å². The summed E-state index contributed by atoms with van der Waals surface area (Å²) in [5, 5.41) is 10.6. The van der Waals surface area contributed by atoms with Gasteiger partial charge in [-0.05, 0) is 32.9 Å². The molecule has 0 saturated heterocycles. The Morgan fingerprint density at radius 3 is 2.60 bits per heavy atom. The summed E-state index contributed by atoms with van der Waals surface area (Å²) < 4.78 is 5.39. The predicted octanol–water partition coefficient (Wildman–Crippen LogP) is 2.99. The van der Waals surface area contributed by atoms with Gasteiger partial charge in [-0.1, -0.05) is 23.2 Å². The lowest BCUT2D eigenvalue weighted by Gasteiger charge is -2.28. The largest absolute Gasteiger partial charge is 0.482 e. The number of benzene rings is 1. The van der Waals surface area contributed by atoms with E-state index in [2.05, 4.69) is 0 Å². The fourth-order valence-electron chi connectivity index (χ4n) is 1.66. The van der Waals surface area contributed by atoms with Gasteiger partial charge in [-0.25, -0.2) is 0 Å². The Labute approximate surface area is 129 Å². The van der Waals surface area contributed by atoms with E-state index in [1.807, 2.05) is 6.92 Å². The molecule has 0 atom stereocenters. The van der Waals surface area contributed by atoms with E-state index in [0.717, 1.165) is 0 Å². The van der Waals surface area contributed by atoms with Gasteiger partial charge in [-0.3, -0.25) is 4.79 Å². The minimum Gasteiger partial charge on any atom is -0.482 e. The Kier molecular flexibility index (Phi) is 6.11. The van der Waals surface area contributed by atoms with Crippen molar-refractivity contribution in [1.82, 2.24) is 4.90 Å². The van der Waals surface area contributed by atoms with Crippen molar-refractivity contribution in [3.63, 3.8) is 0 Å². The molecule has 0 spiro atoms. The molecule has 0 bridgehead atoms. The standard InChI is InChI=1S/C14H19Cl2NO3/c1-4-17(9-14(2,3)19)13(18)8-20-12-7-10(15)5-6-11(12)16/h5-7,19H,4,8-9H2,1-3H3. The fraction of sp³-hybridized carbons (Fsp3) is 0.500. The average molecular weight is 320 g/mol. The number of carbonyl (C=O) groups excluding carboxylic acids is 1. The Hall–Kier alpha value is -0.970. The van der Waals surface area contributed by atoms with E-state index in [9.17, 15) is 9.90 Å². The molecule has 0 fully saturated rings. The Morgan fingerprint density at radius 1 is 1.40 bits per heavy atom. The molecule has 0 aromatic heterocycles. The average Bonchev–Trinajstić information content (AvgIpc) is 2.35. The van der Waals surface area contributed by atoms with Gasteiger partial charge in [0.1, 0.15) is 5.75 Å². The second kappa shape index (κ2) is 7.16. The quantitative estimate of drug-likeness (QED) is 0.877. The van der Waals surface area contributed by atoms with Crippen LogP contribution in [0.4, 0.5) is 0 Å². The van der Waals surface area contributed by atoms with E-state index in [4.69, 9.17) is 27.9 Å². The molecule has 0 unspecified atom stereocenters. The molecule has 6 heteroatoms. The fourth-order valence-corrected chi connectivity index (χ4v) is 2.00. The van der Waals surface area contributed by atoms with Crippen molar-refractivity contribution < 1.29 is 14.6 Å². The van der Waals surface area contributed by atoms with Gasteiger partial charge in [0.05, 0.1) is 10.6 Å². The smallest absolute Gasteiger partial charge is 0.260 e. The molecule has 4 nitrogen and oxygen atoms in total. The van der Waals surface area contributed by atoms with Gasteiger partial charge in [0.2, 0.25) is 0 Å².